The highest BCUT2D eigenvalue weighted by Crippen LogP contribution is 2.35. The van der Waals surface area contributed by atoms with E-state index in [0.29, 0.717) is 17.8 Å². The third-order valence-corrected chi connectivity index (χ3v) is 5.52. The van der Waals surface area contributed by atoms with Crippen LogP contribution in [-0.2, 0) is 6.42 Å². The van der Waals surface area contributed by atoms with E-state index in [-0.39, 0.29) is 0 Å². The summed E-state index contributed by atoms with van der Waals surface area (Å²) in [5, 5.41) is 13.7. The van der Waals surface area contributed by atoms with Crippen molar-refractivity contribution < 1.29 is 5.11 Å². The maximum Gasteiger partial charge on any atom is 0.115 e. The average Bonchev–Trinajstić information content (AvgIpc) is 2.49. The number of nitrogens with zero attached hydrogens (tertiary/aromatic N) is 1. The van der Waals surface area contributed by atoms with Gasteiger partial charge in [0.15, 0.2) is 0 Å². The molecular weight excluding hydrogens is 248 g/mol. The molecule has 2 atom stereocenters. The zero-order valence-electron chi connectivity index (χ0n) is 12.0. The molecule has 4 aliphatic rings. The van der Waals surface area contributed by atoms with Crippen LogP contribution in [0.5, 0.6) is 5.75 Å². The van der Waals surface area contributed by atoms with Gasteiger partial charge in [0.05, 0.1) is 0 Å². The largest absolute Gasteiger partial charge is 0.508 e. The topological polar surface area (TPSA) is 35.5 Å². The third kappa shape index (κ3) is 2.23. The number of benzene rings is 1. The smallest absolute Gasteiger partial charge is 0.115 e. The van der Waals surface area contributed by atoms with Crippen molar-refractivity contribution in [1.29, 1.82) is 0 Å². The molecule has 3 saturated heterocycles. The Balaban J connectivity index is 1.54. The van der Waals surface area contributed by atoms with Crippen molar-refractivity contribution in [3.05, 3.63) is 29.3 Å². The van der Waals surface area contributed by atoms with Gasteiger partial charge in [0, 0.05) is 18.6 Å². The van der Waals surface area contributed by atoms with Crippen LogP contribution in [0.25, 0.3) is 0 Å². The summed E-state index contributed by atoms with van der Waals surface area (Å²) in [5.41, 5.74) is 2.76. The van der Waals surface area contributed by atoms with Gasteiger partial charge in [0.2, 0.25) is 0 Å². The molecule has 0 amide bonds. The van der Waals surface area contributed by atoms with Crippen molar-refractivity contribution in [2.24, 2.45) is 5.92 Å². The second-order valence-electron chi connectivity index (χ2n) is 6.74. The minimum absolute atomic E-state index is 0.409. The zero-order valence-corrected chi connectivity index (χ0v) is 12.0. The predicted molar refractivity (Wildman–Crippen MR) is 79.9 cm³/mol. The standard InChI is InChI=1S/C17H24N2O/c20-14-5-4-12-2-1-3-16(15(12)10-14)18-17-11-19-8-6-13(17)7-9-19/h4-5,10,13,16-18,20H,1-3,6-9,11H2. The van der Waals surface area contributed by atoms with Gasteiger partial charge in [-0.2, -0.15) is 0 Å². The fourth-order valence-corrected chi connectivity index (χ4v) is 4.37. The van der Waals surface area contributed by atoms with Gasteiger partial charge in [-0.25, -0.2) is 0 Å². The highest BCUT2D eigenvalue weighted by molar-refractivity contribution is 5.38. The number of phenolic OH excluding ortho intramolecular Hbond substituents is 1. The molecule has 0 spiro atoms. The van der Waals surface area contributed by atoms with Crippen molar-refractivity contribution in [3.63, 3.8) is 0 Å². The molecule has 5 rings (SSSR count). The van der Waals surface area contributed by atoms with Gasteiger partial charge in [0.25, 0.3) is 0 Å². The van der Waals surface area contributed by atoms with Crippen LogP contribution in [0.4, 0.5) is 0 Å². The van der Waals surface area contributed by atoms with Crippen LogP contribution in [-0.4, -0.2) is 35.7 Å². The summed E-state index contributed by atoms with van der Waals surface area (Å²) in [4.78, 5) is 2.60. The first-order chi connectivity index (χ1) is 9.79. The molecule has 1 aliphatic carbocycles. The molecule has 0 radical (unpaired) electrons. The number of fused-ring (bicyclic) bond motifs is 4. The second kappa shape index (κ2) is 5.05. The van der Waals surface area contributed by atoms with Crippen molar-refractivity contribution in [2.45, 2.75) is 44.2 Å². The fraction of sp³-hybridized carbons (Fsp3) is 0.647. The molecule has 0 aromatic heterocycles. The van der Waals surface area contributed by atoms with Crippen molar-refractivity contribution in [3.8, 4) is 5.75 Å². The molecule has 2 unspecified atom stereocenters. The molecule has 3 fully saturated rings. The van der Waals surface area contributed by atoms with Crippen LogP contribution in [0.1, 0.15) is 42.9 Å². The van der Waals surface area contributed by atoms with E-state index in [4.69, 9.17) is 0 Å². The monoisotopic (exact) mass is 272 g/mol. The summed E-state index contributed by atoms with van der Waals surface area (Å²) in [6, 6.07) is 7.00. The minimum Gasteiger partial charge on any atom is -0.508 e. The van der Waals surface area contributed by atoms with E-state index in [0.717, 1.165) is 12.3 Å². The Morgan fingerprint density at radius 2 is 2.00 bits per heavy atom. The van der Waals surface area contributed by atoms with Crippen LogP contribution in [0, 0.1) is 5.92 Å². The number of hydrogen-bond acceptors (Lipinski definition) is 3. The average molecular weight is 272 g/mol. The van der Waals surface area contributed by atoms with Gasteiger partial charge in [-0.3, -0.25) is 0 Å². The van der Waals surface area contributed by atoms with Crippen LogP contribution < -0.4 is 5.32 Å². The van der Waals surface area contributed by atoms with Crippen molar-refractivity contribution in [2.75, 3.05) is 19.6 Å². The van der Waals surface area contributed by atoms with Gasteiger partial charge in [0.1, 0.15) is 5.75 Å². The summed E-state index contributed by atoms with van der Waals surface area (Å²) in [6.45, 7) is 3.81. The minimum atomic E-state index is 0.409. The van der Waals surface area contributed by atoms with E-state index in [1.54, 1.807) is 0 Å². The molecule has 2 bridgehead atoms. The Bertz CT molecular complexity index is 494. The van der Waals surface area contributed by atoms with E-state index >= 15 is 0 Å². The fourth-order valence-electron chi connectivity index (χ4n) is 4.37. The highest BCUT2D eigenvalue weighted by atomic mass is 16.3. The SMILES string of the molecule is Oc1ccc2c(c1)C(NC1CN3CCC1CC3)CCC2. The summed E-state index contributed by atoms with van der Waals surface area (Å²) < 4.78 is 0. The van der Waals surface area contributed by atoms with Gasteiger partial charge in [-0.05, 0) is 74.4 Å². The Morgan fingerprint density at radius 3 is 2.75 bits per heavy atom. The Hall–Kier alpha value is -1.06. The van der Waals surface area contributed by atoms with Crippen molar-refractivity contribution >= 4 is 0 Å². The van der Waals surface area contributed by atoms with E-state index in [2.05, 4.69) is 16.3 Å². The molecule has 2 N–H and O–H groups in total. The maximum absolute atomic E-state index is 9.78. The van der Waals surface area contributed by atoms with Crippen LogP contribution in [0.2, 0.25) is 0 Å². The van der Waals surface area contributed by atoms with Gasteiger partial charge in [-0.15, -0.1) is 0 Å². The Morgan fingerprint density at radius 1 is 1.15 bits per heavy atom. The molecule has 20 heavy (non-hydrogen) atoms. The number of rotatable bonds is 2. The molecule has 1 aromatic carbocycles. The first kappa shape index (κ1) is 12.7. The lowest BCUT2D eigenvalue weighted by molar-refractivity contribution is 0.0657. The van der Waals surface area contributed by atoms with Gasteiger partial charge in [-0.1, -0.05) is 6.07 Å². The summed E-state index contributed by atoms with van der Waals surface area (Å²) >= 11 is 0. The van der Waals surface area contributed by atoms with Crippen LogP contribution in [0.15, 0.2) is 18.2 Å². The van der Waals surface area contributed by atoms with Crippen LogP contribution in [0.3, 0.4) is 0 Å². The normalized spacial score (nSPS) is 35.8. The molecule has 108 valence electrons. The number of hydrogen-bond donors (Lipinski definition) is 2. The molecule has 0 saturated carbocycles. The Kier molecular flexibility index (Phi) is 3.20. The number of piperidine rings is 3. The molecule has 3 heterocycles. The molecular formula is C17H24N2O. The first-order valence-electron chi connectivity index (χ1n) is 8.10. The predicted octanol–water partition coefficient (Wildman–Crippen LogP) is 2.45. The maximum atomic E-state index is 9.78. The quantitative estimate of drug-likeness (QED) is 0.868. The van der Waals surface area contributed by atoms with Gasteiger partial charge >= 0.3 is 0 Å². The van der Waals surface area contributed by atoms with E-state index in [1.165, 1.54) is 56.4 Å². The highest BCUT2D eigenvalue weighted by Gasteiger charge is 2.35. The lowest BCUT2D eigenvalue weighted by atomic mass is 9.81. The van der Waals surface area contributed by atoms with E-state index in [9.17, 15) is 5.11 Å². The van der Waals surface area contributed by atoms with Gasteiger partial charge < -0.3 is 15.3 Å². The van der Waals surface area contributed by atoms with Crippen molar-refractivity contribution in [1.82, 2.24) is 10.2 Å². The Labute approximate surface area is 121 Å². The summed E-state index contributed by atoms with van der Waals surface area (Å²) in [6.07, 6.45) is 6.35. The number of nitrogens with one attached hydrogen (secondary N) is 1. The summed E-state index contributed by atoms with van der Waals surface area (Å²) in [7, 11) is 0. The number of aromatic hydroxyl groups is 1. The summed E-state index contributed by atoms with van der Waals surface area (Å²) in [5.74, 6) is 1.27. The lowest BCUT2D eigenvalue weighted by Crippen LogP contribution is -2.56. The molecule has 1 aromatic rings. The van der Waals surface area contributed by atoms with Crippen LogP contribution >= 0.6 is 0 Å². The molecule has 3 nitrogen and oxygen atoms in total. The molecule has 3 aliphatic heterocycles. The number of aryl methyl sites for hydroxylation is 1. The van der Waals surface area contributed by atoms with E-state index in [1.807, 2.05) is 12.1 Å². The molecule has 3 heteroatoms. The second-order valence-corrected chi connectivity index (χ2v) is 6.74. The first-order valence-corrected chi connectivity index (χ1v) is 8.10. The zero-order chi connectivity index (χ0) is 13.5. The van der Waals surface area contributed by atoms with E-state index < -0.39 is 0 Å². The third-order valence-electron chi connectivity index (χ3n) is 5.52. The lowest BCUT2D eigenvalue weighted by Gasteiger charge is -2.46. The number of phenols is 1.